The Kier molecular flexibility index (Phi) is 3.90. The van der Waals surface area contributed by atoms with E-state index in [0.717, 1.165) is 18.7 Å². The summed E-state index contributed by atoms with van der Waals surface area (Å²) in [5, 5.41) is 0. The summed E-state index contributed by atoms with van der Waals surface area (Å²) in [6, 6.07) is 7.61. The van der Waals surface area contributed by atoms with Crippen molar-refractivity contribution in [2.24, 2.45) is 11.8 Å². The Bertz CT molecular complexity index is 420. The molecule has 0 bridgehead atoms. The summed E-state index contributed by atoms with van der Waals surface area (Å²) >= 11 is 0. The smallest absolute Gasteiger partial charge is 0.227 e. The maximum atomic E-state index is 12.3. The van der Waals surface area contributed by atoms with Crippen molar-refractivity contribution in [3.8, 4) is 0 Å². The van der Waals surface area contributed by atoms with Gasteiger partial charge in [-0.25, -0.2) is 0 Å². The molecule has 1 aliphatic heterocycles. The number of nitrogens with zero attached hydrogens (tertiary/aromatic N) is 1. The SMILES string of the molecule is C[C@H]1C[C@H](C)CN(C(=O)Cc2ccccc2N)C1. The standard InChI is InChI=1S/C15H22N2O/c1-11-7-12(2)10-17(9-11)15(18)8-13-5-3-4-6-14(13)16/h3-6,11-12H,7-10,16H2,1-2H3/t11-,12-/m0/s1. The largest absolute Gasteiger partial charge is 0.398 e. The number of hydrogen-bond acceptors (Lipinski definition) is 2. The Morgan fingerprint density at radius 1 is 1.28 bits per heavy atom. The minimum Gasteiger partial charge on any atom is -0.398 e. The normalized spacial score (nSPS) is 24.0. The molecule has 0 aromatic heterocycles. The van der Waals surface area contributed by atoms with Gasteiger partial charge in [-0.3, -0.25) is 4.79 Å². The van der Waals surface area contributed by atoms with Crippen molar-refractivity contribution in [1.29, 1.82) is 0 Å². The van der Waals surface area contributed by atoms with Crippen molar-refractivity contribution in [3.63, 3.8) is 0 Å². The average molecular weight is 246 g/mol. The van der Waals surface area contributed by atoms with Gasteiger partial charge in [0.05, 0.1) is 6.42 Å². The van der Waals surface area contributed by atoms with E-state index in [1.807, 2.05) is 29.2 Å². The fraction of sp³-hybridized carbons (Fsp3) is 0.533. The highest BCUT2D eigenvalue weighted by Gasteiger charge is 2.25. The summed E-state index contributed by atoms with van der Waals surface area (Å²) in [7, 11) is 0. The zero-order valence-corrected chi connectivity index (χ0v) is 11.2. The lowest BCUT2D eigenvalue weighted by atomic mass is 9.91. The lowest BCUT2D eigenvalue weighted by Gasteiger charge is -2.35. The number of carbonyl (C=O) groups is 1. The second-order valence-corrected chi connectivity index (χ2v) is 5.62. The van der Waals surface area contributed by atoms with E-state index < -0.39 is 0 Å². The van der Waals surface area contributed by atoms with Gasteiger partial charge in [-0.15, -0.1) is 0 Å². The van der Waals surface area contributed by atoms with E-state index in [0.29, 0.717) is 23.9 Å². The van der Waals surface area contributed by atoms with Crippen molar-refractivity contribution in [3.05, 3.63) is 29.8 Å². The van der Waals surface area contributed by atoms with Gasteiger partial charge >= 0.3 is 0 Å². The Morgan fingerprint density at radius 3 is 2.50 bits per heavy atom. The topological polar surface area (TPSA) is 46.3 Å². The van der Waals surface area contributed by atoms with E-state index in [4.69, 9.17) is 5.73 Å². The highest BCUT2D eigenvalue weighted by molar-refractivity contribution is 5.80. The minimum atomic E-state index is 0.200. The molecule has 3 nitrogen and oxygen atoms in total. The quantitative estimate of drug-likeness (QED) is 0.814. The molecule has 1 fully saturated rings. The second kappa shape index (κ2) is 5.42. The molecule has 2 rings (SSSR count). The molecule has 2 atom stereocenters. The van der Waals surface area contributed by atoms with Gasteiger partial charge in [0.2, 0.25) is 5.91 Å². The van der Waals surface area contributed by atoms with Crippen LogP contribution >= 0.6 is 0 Å². The summed E-state index contributed by atoms with van der Waals surface area (Å²) in [5.41, 5.74) is 7.53. The fourth-order valence-corrected chi connectivity index (χ4v) is 2.84. The fourth-order valence-electron chi connectivity index (χ4n) is 2.84. The van der Waals surface area contributed by atoms with Crippen molar-refractivity contribution >= 4 is 11.6 Å². The lowest BCUT2D eigenvalue weighted by Crippen LogP contribution is -2.43. The third-order valence-corrected chi connectivity index (χ3v) is 3.62. The average Bonchev–Trinajstić information content (AvgIpc) is 2.31. The molecule has 1 aromatic carbocycles. The second-order valence-electron chi connectivity index (χ2n) is 5.62. The highest BCUT2D eigenvalue weighted by Crippen LogP contribution is 2.22. The number of benzene rings is 1. The third-order valence-electron chi connectivity index (χ3n) is 3.62. The van der Waals surface area contributed by atoms with E-state index >= 15 is 0 Å². The number of carbonyl (C=O) groups excluding carboxylic acids is 1. The predicted molar refractivity (Wildman–Crippen MR) is 74.1 cm³/mol. The maximum absolute atomic E-state index is 12.3. The molecule has 1 amide bonds. The first-order valence-corrected chi connectivity index (χ1v) is 6.67. The summed E-state index contributed by atoms with van der Waals surface area (Å²) in [5.74, 6) is 1.41. The molecule has 1 saturated heterocycles. The van der Waals surface area contributed by atoms with Crippen molar-refractivity contribution in [2.45, 2.75) is 26.7 Å². The van der Waals surface area contributed by atoms with Gasteiger partial charge in [0, 0.05) is 18.8 Å². The molecule has 0 radical (unpaired) electrons. The van der Waals surface area contributed by atoms with Crippen LogP contribution in [-0.2, 0) is 11.2 Å². The predicted octanol–water partition coefficient (Wildman–Crippen LogP) is 2.32. The van der Waals surface area contributed by atoms with E-state index in [9.17, 15) is 4.79 Å². The molecular weight excluding hydrogens is 224 g/mol. The maximum Gasteiger partial charge on any atom is 0.227 e. The third kappa shape index (κ3) is 3.03. The summed E-state index contributed by atoms with van der Waals surface area (Å²) in [4.78, 5) is 14.3. The first kappa shape index (κ1) is 12.9. The van der Waals surface area contributed by atoms with Crippen molar-refractivity contribution in [1.82, 2.24) is 4.90 Å². The Balaban J connectivity index is 2.02. The van der Waals surface area contributed by atoms with Crippen LogP contribution in [0.4, 0.5) is 5.69 Å². The minimum absolute atomic E-state index is 0.200. The molecule has 98 valence electrons. The van der Waals surface area contributed by atoms with Gasteiger partial charge in [0.1, 0.15) is 0 Å². The lowest BCUT2D eigenvalue weighted by molar-refractivity contribution is -0.133. The molecule has 0 aliphatic carbocycles. The van der Waals surface area contributed by atoms with Crippen LogP contribution in [0.2, 0.25) is 0 Å². The van der Waals surface area contributed by atoms with Gasteiger partial charge in [-0.05, 0) is 29.9 Å². The van der Waals surface area contributed by atoms with Crippen molar-refractivity contribution < 1.29 is 4.79 Å². The molecule has 0 unspecified atom stereocenters. The summed E-state index contributed by atoms with van der Waals surface area (Å²) < 4.78 is 0. The molecule has 1 aromatic rings. The molecule has 2 N–H and O–H groups in total. The van der Waals surface area contributed by atoms with E-state index in [1.165, 1.54) is 6.42 Å². The van der Waals surface area contributed by atoms with Crippen LogP contribution in [-0.4, -0.2) is 23.9 Å². The number of anilines is 1. The first-order valence-electron chi connectivity index (χ1n) is 6.67. The van der Waals surface area contributed by atoms with Gasteiger partial charge in [0.15, 0.2) is 0 Å². The van der Waals surface area contributed by atoms with Gasteiger partial charge in [-0.2, -0.15) is 0 Å². The van der Waals surface area contributed by atoms with Crippen molar-refractivity contribution in [2.75, 3.05) is 18.8 Å². The zero-order valence-electron chi connectivity index (χ0n) is 11.2. The molecule has 0 saturated carbocycles. The Morgan fingerprint density at radius 2 is 1.89 bits per heavy atom. The van der Waals surface area contributed by atoms with E-state index in [1.54, 1.807) is 0 Å². The molecule has 3 heteroatoms. The molecular formula is C15H22N2O. The summed E-state index contributed by atoms with van der Waals surface area (Å²) in [6.45, 7) is 6.20. The van der Waals surface area contributed by atoms with Crippen LogP contribution in [0, 0.1) is 11.8 Å². The van der Waals surface area contributed by atoms with Gasteiger partial charge in [-0.1, -0.05) is 32.0 Å². The van der Waals surface area contributed by atoms with E-state index in [2.05, 4.69) is 13.8 Å². The molecule has 18 heavy (non-hydrogen) atoms. The van der Waals surface area contributed by atoms with Gasteiger partial charge < -0.3 is 10.6 Å². The molecule has 1 aliphatic rings. The number of likely N-dealkylation sites (tertiary alicyclic amines) is 1. The van der Waals surface area contributed by atoms with Crippen LogP contribution in [0.1, 0.15) is 25.8 Å². The highest BCUT2D eigenvalue weighted by atomic mass is 16.2. The Labute approximate surface area is 109 Å². The number of nitrogen functional groups attached to an aromatic ring is 1. The number of para-hydroxylation sites is 1. The monoisotopic (exact) mass is 246 g/mol. The summed E-state index contributed by atoms with van der Waals surface area (Å²) in [6.07, 6.45) is 1.64. The van der Waals surface area contributed by atoms with Crippen LogP contribution in [0.5, 0.6) is 0 Å². The van der Waals surface area contributed by atoms with E-state index in [-0.39, 0.29) is 5.91 Å². The number of nitrogens with two attached hydrogens (primary N) is 1. The number of hydrogen-bond donors (Lipinski definition) is 1. The van der Waals surface area contributed by atoms with Crippen LogP contribution in [0.3, 0.4) is 0 Å². The number of amides is 1. The van der Waals surface area contributed by atoms with Gasteiger partial charge in [0.25, 0.3) is 0 Å². The number of rotatable bonds is 2. The zero-order chi connectivity index (χ0) is 13.1. The number of piperidine rings is 1. The van der Waals surface area contributed by atoms with Crippen LogP contribution in [0.25, 0.3) is 0 Å². The first-order chi connectivity index (χ1) is 8.56. The Hall–Kier alpha value is -1.51. The molecule has 0 spiro atoms. The molecule has 1 heterocycles. The van der Waals surface area contributed by atoms with Crippen LogP contribution in [0.15, 0.2) is 24.3 Å². The van der Waals surface area contributed by atoms with Crippen LogP contribution < -0.4 is 5.73 Å².